The topological polar surface area (TPSA) is 88.8 Å². The van der Waals surface area contributed by atoms with Crippen LogP contribution in [0.2, 0.25) is 0 Å². The van der Waals surface area contributed by atoms with E-state index in [0.29, 0.717) is 11.2 Å². The van der Waals surface area contributed by atoms with Crippen LogP contribution in [0.15, 0.2) is 24.5 Å². The Labute approximate surface area is 81.0 Å². The summed E-state index contributed by atoms with van der Waals surface area (Å²) in [5.74, 6) is -0.168. The van der Waals surface area contributed by atoms with E-state index in [2.05, 4.69) is 9.97 Å². The highest BCUT2D eigenvalue weighted by atomic mass is 32.2. The Kier molecular flexibility index (Phi) is 2.01. The fraction of sp³-hybridized carbons (Fsp3) is 0.125. The summed E-state index contributed by atoms with van der Waals surface area (Å²) in [4.78, 5) is 6.92. The summed E-state index contributed by atoms with van der Waals surface area (Å²) < 4.78 is 21.8. The summed E-state index contributed by atoms with van der Waals surface area (Å²) in [5.41, 5.74) is 1.32. The molecule has 0 aliphatic heterocycles. The van der Waals surface area contributed by atoms with Crippen molar-refractivity contribution in [3.05, 3.63) is 30.1 Å². The lowest BCUT2D eigenvalue weighted by Gasteiger charge is -1.95. The normalized spacial score (nSPS) is 12.1. The van der Waals surface area contributed by atoms with E-state index in [1.807, 2.05) is 0 Å². The summed E-state index contributed by atoms with van der Waals surface area (Å²) in [6.45, 7) is 0. The van der Waals surface area contributed by atoms with Gasteiger partial charge in [-0.25, -0.2) is 18.5 Å². The van der Waals surface area contributed by atoms with Gasteiger partial charge in [0.2, 0.25) is 10.0 Å². The molecule has 6 heteroatoms. The molecule has 2 aromatic heterocycles. The third-order valence-electron chi connectivity index (χ3n) is 1.89. The van der Waals surface area contributed by atoms with E-state index in [-0.39, 0.29) is 5.75 Å². The highest BCUT2D eigenvalue weighted by molar-refractivity contribution is 7.88. The van der Waals surface area contributed by atoms with E-state index in [4.69, 9.17) is 5.14 Å². The number of H-pyrrole nitrogens is 1. The van der Waals surface area contributed by atoms with Crippen LogP contribution in [0.3, 0.4) is 0 Å². The van der Waals surface area contributed by atoms with Gasteiger partial charge in [-0.05, 0) is 17.7 Å². The second-order valence-electron chi connectivity index (χ2n) is 3.02. The van der Waals surface area contributed by atoms with E-state index < -0.39 is 10.0 Å². The third kappa shape index (κ3) is 1.75. The van der Waals surface area contributed by atoms with E-state index in [1.165, 1.54) is 0 Å². The first kappa shape index (κ1) is 9.17. The van der Waals surface area contributed by atoms with E-state index >= 15 is 0 Å². The standard InChI is InChI=1S/C8H9N3O2S/c9-14(12,13)5-6-4-11-8-7(6)2-1-3-10-8/h1-4H,5H2,(H,10,11)(H2,9,12,13). The van der Waals surface area contributed by atoms with Crippen molar-refractivity contribution < 1.29 is 8.42 Å². The molecule has 0 aliphatic rings. The number of pyridine rings is 1. The van der Waals surface area contributed by atoms with Crippen LogP contribution in [0.4, 0.5) is 0 Å². The average Bonchev–Trinajstić information content (AvgIpc) is 2.47. The van der Waals surface area contributed by atoms with Crippen LogP contribution in [-0.4, -0.2) is 18.4 Å². The number of sulfonamides is 1. The number of fused-ring (bicyclic) bond motifs is 1. The first-order valence-corrected chi connectivity index (χ1v) is 5.69. The van der Waals surface area contributed by atoms with Crippen molar-refractivity contribution in [3.8, 4) is 0 Å². The zero-order valence-electron chi connectivity index (χ0n) is 7.27. The van der Waals surface area contributed by atoms with Crippen molar-refractivity contribution in [2.45, 2.75) is 5.75 Å². The maximum Gasteiger partial charge on any atom is 0.213 e. The van der Waals surface area contributed by atoms with Gasteiger partial charge in [0.05, 0.1) is 5.75 Å². The number of nitrogens with two attached hydrogens (primary N) is 1. The zero-order valence-corrected chi connectivity index (χ0v) is 8.08. The van der Waals surface area contributed by atoms with Gasteiger partial charge in [0.15, 0.2) is 0 Å². The van der Waals surface area contributed by atoms with Crippen LogP contribution >= 0.6 is 0 Å². The SMILES string of the molecule is NS(=O)(=O)Cc1c[nH]c2ncccc12. The molecule has 74 valence electrons. The molecule has 3 N–H and O–H groups in total. The summed E-state index contributed by atoms with van der Waals surface area (Å²) in [6, 6.07) is 3.56. The number of primary sulfonamides is 1. The molecule has 0 atom stereocenters. The van der Waals surface area contributed by atoms with Crippen LogP contribution < -0.4 is 5.14 Å². The van der Waals surface area contributed by atoms with Crippen LogP contribution in [-0.2, 0) is 15.8 Å². The second-order valence-corrected chi connectivity index (χ2v) is 4.64. The van der Waals surface area contributed by atoms with Crippen molar-refractivity contribution in [1.82, 2.24) is 9.97 Å². The second kappa shape index (κ2) is 3.07. The molecule has 0 aliphatic carbocycles. The van der Waals surface area contributed by atoms with Gasteiger partial charge in [-0.1, -0.05) is 0 Å². The maximum absolute atomic E-state index is 10.9. The molecule has 0 amide bonds. The Morgan fingerprint density at radius 3 is 3.00 bits per heavy atom. The lowest BCUT2D eigenvalue weighted by Crippen LogP contribution is -2.14. The number of hydrogen-bond acceptors (Lipinski definition) is 3. The lowest BCUT2D eigenvalue weighted by atomic mass is 10.2. The minimum atomic E-state index is -3.49. The van der Waals surface area contributed by atoms with Gasteiger partial charge in [0.25, 0.3) is 0 Å². The maximum atomic E-state index is 10.9. The number of aromatic nitrogens is 2. The van der Waals surface area contributed by atoms with Crippen molar-refractivity contribution in [2.24, 2.45) is 5.14 Å². The van der Waals surface area contributed by atoms with E-state index in [0.717, 1.165) is 5.39 Å². The predicted molar refractivity (Wildman–Crippen MR) is 52.9 cm³/mol. The van der Waals surface area contributed by atoms with Gasteiger partial charge >= 0.3 is 0 Å². The first-order valence-electron chi connectivity index (χ1n) is 3.98. The molecule has 2 rings (SSSR count). The Morgan fingerprint density at radius 1 is 1.50 bits per heavy atom. The molecule has 5 nitrogen and oxygen atoms in total. The molecule has 0 bridgehead atoms. The molecular weight excluding hydrogens is 202 g/mol. The first-order chi connectivity index (χ1) is 6.56. The number of aromatic amines is 1. The highest BCUT2D eigenvalue weighted by Crippen LogP contribution is 2.16. The lowest BCUT2D eigenvalue weighted by molar-refractivity contribution is 0.597. The summed E-state index contributed by atoms with van der Waals surface area (Å²) in [6.07, 6.45) is 3.25. The van der Waals surface area contributed by atoms with E-state index in [1.54, 1.807) is 24.5 Å². The minimum absolute atomic E-state index is 0.168. The molecule has 0 unspecified atom stereocenters. The van der Waals surface area contributed by atoms with Crippen LogP contribution in [0, 0.1) is 0 Å². The molecule has 2 heterocycles. The molecule has 0 aromatic carbocycles. The molecule has 0 saturated heterocycles. The monoisotopic (exact) mass is 211 g/mol. The molecule has 14 heavy (non-hydrogen) atoms. The van der Waals surface area contributed by atoms with Crippen LogP contribution in [0.5, 0.6) is 0 Å². The fourth-order valence-electron chi connectivity index (χ4n) is 1.35. The number of rotatable bonds is 2. The summed E-state index contributed by atoms with van der Waals surface area (Å²) >= 11 is 0. The smallest absolute Gasteiger partial charge is 0.213 e. The number of hydrogen-bond donors (Lipinski definition) is 2. The van der Waals surface area contributed by atoms with Crippen LogP contribution in [0.1, 0.15) is 5.56 Å². The van der Waals surface area contributed by atoms with Crippen molar-refractivity contribution in [2.75, 3.05) is 0 Å². The minimum Gasteiger partial charge on any atom is -0.346 e. The Morgan fingerprint density at radius 2 is 2.29 bits per heavy atom. The van der Waals surface area contributed by atoms with Gasteiger partial charge in [-0.3, -0.25) is 0 Å². The van der Waals surface area contributed by atoms with Crippen molar-refractivity contribution in [1.29, 1.82) is 0 Å². The number of nitrogens with zero attached hydrogens (tertiary/aromatic N) is 1. The highest BCUT2D eigenvalue weighted by Gasteiger charge is 2.09. The van der Waals surface area contributed by atoms with Crippen molar-refractivity contribution in [3.63, 3.8) is 0 Å². The largest absolute Gasteiger partial charge is 0.346 e. The van der Waals surface area contributed by atoms with Gasteiger partial charge < -0.3 is 4.98 Å². The van der Waals surface area contributed by atoms with Crippen molar-refractivity contribution >= 4 is 21.1 Å². The fourth-order valence-corrected chi connectivity index (χ4v) is 2.02. The van der Waals surface area contributed by atoms with Gasteiger partial charge in [0, 0.05) is 17.8 Å². The zero-order chi connectivity index (χ0) is 10.2. The Hall–Kier alpha value is -1.40. The molecule has 0 saturated carbocycles. The van der Waals surface area contributed by atoms with Gasteiger partial charge in [-0.15, -0.1) is 0 Å². The third-order valence-corrected chi connectivity index (χ3v) is 2.61. The van der Waals surface area contributed by atoms with Gasteiger partial charge in [0.1, 0.15) is 5.65 Å². The Bertz CT molecular complexity index is 559. The average molecular weight is 211 g/mol. The van der Waals surface area contributed by atoms with E-state index in [9.17, 15) is 8.42 Å². The van der Waals surface area contributed by atoms with Crippen LogP contribution in [0.25, 0.3) is 11.0 Å². The molecule has 0 spiro atoms. The van der Waals surface area contributed by atoms with Gasteiger partial charge in [-0.2, -0.15) is 0 Å². The Balaban J connectivity index is 2.54. The molecule has 0 radical (unpaired) electrons. The predicted octanol–water partition coefficient (Wildman–Crippen LogP) is 0.351. The number of nitrogens with one attached hydrogen (secondary N) is 1. The summed E-state index contributed by atoms with van der Waals surface area (Å²) in [5, 5.41) is 5.75. The summed E-state index contributed by atoms with van der Waals surface area (Å²) in [7, 11) is -3.49. The quantitative estimate of drug-likeness (QED) is 0.751. The molecular formula is C8H9N3O2S. The molecule has 0 fully saturated rings. The molecule has 2 aromatic rings.